The highest BCUT2D eigenvalue weighted by Crippen LogP contribution is 2.35. The zero-order valence-corrected chi connectivity index (χ0v) is 14.7. The molecule has 0 fully saturated rings. The molecule has 3 aromatic rings. The van der Waals surface area contributed by atoms with Gasteiger partial charge in [0.05, 0.1) is 5.69 Å². The molecule has 0 N–H and O–H groups in total. The number of rotatable bonds is 2. The summed E-state index contributed by atoms with van der Waals surface area (Å²) in [6.07, 6.45) is 0. The molecule has 0 unspecified atom stereocenters. The van der Waals surface area contributed by atoms with Crippen molar-refractivity contribution in [3.05, 3.63) is 69.6 Å². The SMILES string of the molecule is Cc1cc2oc(=O)cc(CN3CCSc4ccccc43)c2cc1C. The monoisotopic (exact) mass is 337 g/mol. The number of para-hydroxylation sites is 1. The third-order valence-electron chi connectivity index (χ3n) is 4.63. The molecule has 2 heterocycles. The first-order valence-corrected chi connectivity index (χ1v) is 9.11. The summed E-state index contributed by atoms with van der Waals surface area (Å²) >= 11 is 1.89. The molecule has 0 spiro atoms. The summed E-state index contributed by atoms with van der Waals surface area (Å²) in [5.74, 6) is 1.06. The van der Waals surface area contributed by atoms with E-state index in [0.29, 0.717) is 5.58 Å². The summed E-state index contributed by atoms with van der Waals surface area (Å²) in [6, 6.07) is 14.2. The van der Waals surface area contributed by atoms with Crippen molar-refractivity contribution in [2.45, 2.75) is 25.3 Å². The molecule has 0 bridgehead atoms. The van der Waals surface area contributed by atoms with Crippen molar-refractivity contribution in [3.63, 3.8) is 0 Å². The Balaban J connectivity index is 1.81. The van der Waals surface area contributed by atoms with Crippen molar-refractivity contribution < 1.29 is 4.42 Å². The fourth-order valence-electron chi connectivity index (χ4n) is 3.21. The van der Waals surface area contributed by atoms with Gasteiger partial charge in [0.2, 0.25) is 0 Å². The number of hydrogen-bond acceptors (Lipinski definition) is 4. The maximum Gasteiger partial charge on any atom is 0.336 e. The fraction of sp³-hybridized carbons (Fsp3) is 0.250. The molecule has 0 amide bonds. The largest absolute Gasteiger partial charge is 0.423 e. The molecule has 3 nitrogen and oxygen atoms in total. The number of nitrogens with zero attached hydrogens (tertiary/aromatic N) is 1. The minimum Gasteiger partial charge on any atom is -0.423 e. The number of fused-ring (bicyclic) bond motifs is 2. The molecule has 24 heavy (non-hydrogen) atoms. The van der Waals surface area contributed by atoms with Crippen molar-refractivity contribution in [3.8, 4) is 0 Å². The molecule has 0 saturated carbocycles. The highest BCUT2D eigenvalue weighted by Gasteiger charge is 2.18. The first-order chi connectivity index (χ1) is 11.6. The van der Waals surface area contributed by atoms with Crippen molar-refractivity contribution in [2.75, 3.05) is 17.2 Å². The van der Waals surface area contributed by atoms with Gasteiger partial charge in [0, 0.05) is 35.2 Å². The number of anilines is 1. The van der Waals surface area contributed by atoms with Crippen LogP contribution in [0.3, 0.4) is 0 Å². The van der Waals surface area contributed by atoms with Crippen molar-refractivity contribution in [2.24, 2.45) is 0 Å². The summed E-state index contributed by atoms with van der Waals surface area (Å²) in [6.45, 7) is 5.84. The summed E-state index contributed by atoms with van der Waals surface area (Å²) in [7, 11) is 0. The number of thioether (sulfide) groups is 1. The Bertz CT molecular complexity index is 977. The van der Waals surface area contributed by atoms with Crippen LogP contribution in [0.15, 0.2) is 56.6 Å². The number of hydrogen-bond donors (Lipinski definition) is 0. The quantitative estimate of drug-likeness (QED) is 0.644. The summed E-state index contributed by atoms with van der Waals surface area (Å²) in [5.41, 5.74) is 5.04. The topological polar surface area (TPSA) is 33.5 Å². The normalized spacial score (nSPS) is 14.0. The van der Waals surface area contributed by atoms with E-state index in [1.807, 2.05) is 24.8 Å². The van der Waals surface area contributed by atoms with Crippen LogP contribution in [0.4, 0.5) is 5.69 Å². The van der Waals surface area contributed by atoms with Crippen LogP contribution in [-0.4, -0.2) is 12.3 Å². The Morgan fingerprint density at radius 2 is 1.92 bits per heavy atom. The van der Waals surface area contributed by atoms with Crippen LogP contribution in [0.2, 0.25) is 0 Å². The highest BCUT2D eigenvalue weighted by atomic mass is 32.2. The van der Waals surface area contributed by atoms with Gasteiger partial charge in [0.1, 0.15) is 5.58 Å². The Hall–Kier alpha value is -2.20. The molecular weight excluding hydrogens is 318 g/mol. The van der Waals surface area contributed by atoms with Crippen LogP contribution in [0.25, 0.3) is 11.0 Å². The van der Waals surface area contributed by atoms with E-state index in [1.54, 1.807) is 6.07 Å². The smallest absolute Gasteiger partial charge is 0.336 e. The lowest BCUT2D eigenvalue weighted by Crippen LogP contribution is -2.29. The van der Waals surface area contributed by atoms with Gasteiger partial charge in [0.15, 0.2) is 0 Å². The molecular formula is C20H19NO2S. The molecule has 2 aromatic carbocycles. The van der Waals surface area contributed by atoms with Crippen LogP contribution in [0, 0.1) is 13.8 Å². The third kappa shape index (κ3) is 2.71. The molecule has 122 valence electrons. The average molecular weight is 337 g/mol. The van der Waals surface area contributed by atoms with E-state index in [2.05, 4.69) is 42.2 Å². The minimum atomic E-state index is -0.277. The Labute approximate surface area is 145 Å². The molecule has 0 radical (unpaired) electrons. The summed E-state index contributed by atoms with van der Waals surface area (Å²) in [5, 5.41) is 1.04. The lowest BCUT2D eigenvalue weighted by Gasteiger charge is -2.31. The Morgan fingerprint density at radius 1 is 1.12 bits per heavy atom. The molecule has 4 heteroatoms. The van der Waals surface area contributed by atoms with Crippen molar-refractivity contribution >= 4 is 28.4 Å². The second kappa shape index (κ2) is 6.02. The minimum absolute atomic E-state index is 0.277. The van der Waals surface area contributed by atoms with Gasteiger partial charge in [-0.3, -0.25) is 0 Å². The first kappa shape index (κ1) is 15.3. The second-order valence-electron chi connectivity index (χ2n) is 6.26. The van der Waals surface area contributed by atoms with Gasteiger partial charge in [-0.25, -0.2) is 4.79 Å². The second-order valence-corrected chi connectivity index (χ2v) is 7.40. The predicted molar refractivity (Wildman–Crippen MR) is 100 cm³/mol. The van der Waals surface area contributed by atoms with E-state index >= 15 is 0 Å². The van der Waals surface area contributed by atoms with E-state index in [1.165, 1.54) is 16.1 Å². The van der Waals surface area contributed by atoms with Crippen LogP contribution < -0.4 is 10.5 Å². The molecule has 4 rings (SSSR count). The van der Waals surface area contributed by atoms with E-state index < -0.39 is 0 Å². The molecule has 1 aliphatic heterocycles. The van der Waals surface area contributed by atoms with E-state index in [0.717, 1.165) is 35.4 Å². The van der Waals surface area contributed by atoms with Crippen molar-refractivity contribution in [1.29, 1.82) is 0 Å². The van der Waals surface area contributed by atoms with Gasteiger partial charge in [-0.15, -0.1) is 11.8 Å². The molecule has 1 aliphatic rings. The Morgan fingerprint density at radius 3 is 2.79 bits per heavy atom. The standard InChI is InChI=1S/C20H19NO2S/c1-13-9-16-15(11-20(22)23-18(16)10-14(13)2)12-21-7-8-24-19-6-4-3-5-17(19)21/h3-6,9-11H,7-8,12H2,1-2H3. The van der Waals surface area contributed by atoms with Crippen LogP contribution in [0.5, 0.6) is 0 Å². The van der Waals surface area contributed by atoms with Gasteiger partial charge in [-0.2, -0.15) is 0 Å². The highest BCUT2D eigenvalue weighted by molar-refractivity contribution is 7.99. The van der Waals surface area contributed by atoms with Gasteiger partial charge >= 0.3 is 5.63 Å². The van der Waals surface area contributed by atoms with Gasteiger partial charge in [-0.05, 0) is 54.8 Å². The molecule has 0 atom stereocenters. The van der Waals surface area contributed by atoms with Gasteiger partial charge in [0.25, 0.3) is 0 Å². The predicted octanol–water partition coefficient (Wildman–Crippen LogP) is 4.52. The van der Waals surface area contributed by atoms with Crippen molar-refractivity contribution in [1.82, 2.24) is 0 Å². The first-order valence-electron chi connectivity index (χ1n) is 8.12. The molecule has 0 saturated heterocycles. The van der Waals surface area contributed by atoms with Crippen LogP contribution >= 0.6 is 11.8 Å². The molecule has 0 aliphatic carbocycles. The molecule has 1 aromatic heterocycles. The van der Waals surface area contributed by atoms with Gasteiger partial charge < -0.3 is 9.32 Å². The average Bonchev–Trinajstić information content (AvgIpc) is 2.57. The summed E-state index contributed by atoms with van der Waals surface area (Å²) in [4.78, 5) is 15.7. The van der Waals surface area contributed by atoms with E-state index in [4.69, 9.17) is 4.42 Å². The van der Waals surface area contributed by atoms with E-state index in [-0.39, 0.29) is 5.63 Å². The maximum atomic E-state index is 12.0. The Kier molecular flexibility index (Phi) is 3.85. The maximum absolute atomic E-state index is 12.0. The van der Waals surface area contributed by atoms with Crippen LogP contribution in [-0.2, 0) is 6.54 Å². The fourth-order valence-corrected chi connectivity index (χ4v) is 4.26. The number of aryl methyl sites for hydroxylation is 2. The van der Waals surface area contributed by atoms with Gasteiger partial charge in [-0.1, -0.05) is 12.1 Å². The third-order valence-corrected chi connectivity index (χ3v) is 5.67. The zero-order valence-electron chi connectivity index (χ0n) is 13.8. The number of benzene rings is 2. The van der Waals surface area contributed by atoms with Crippen LogP contribution in [0.1, 0.15) is 16.7 Å². The lowest BCUT2D eigenvalue weighted by atomic mass is 10.0. The lowest BCUT2D eigenvalue weighted by molar-refractivity contribution is 0.558. The summed E-state index contributed by atoms with van der Waals surface area (Å²) < 4.78 is 5.42. The van der Waals surface area contributed by atoms with E-state index in [9.17, 15) is 4.79 Å². The zero-order chi connectivity index (χ0) is 16.7.